The van der Waals surface area contributed by atoms with Gasteiger partial charge in [-0.15, -0.1) is 0 Å². The maximum atomic E-state index is 11.9. The molecule has 100 valence electrons. The highest BCUT2D eigenvalue weighted by molar-refractivity contribution is 6.30. The Morgan fingerprint density at radius 3 is 2.56 bits per heavy atom. The van der Waals surface area contributed by atoms with Crippen LogP contribution in [0.25, 0.3) is 0 Å². The number of hydrogen-bond acceptors (Lipinski definition) is 1. The molecule has 3 nitrogen and oxygen atoms in total. The van der Waals surface area contributed by atoms with Crippen LogP contribution in [0.5, 0.6) is 0 Å². The zero-order chi connectivity index (χ0) is 13.5. The predicted octanol–water partition coefficient (Wildman–Crippen LogP) is 3.84. The molecule has 1 atom stereocenters. The Balaban J connectivity index is 2.57. The van der Waals surface area contributed by atoms with Crippen molar-refractivity contribution >= 4 is 17.6 Å². The standard InChI is InChI=1S/C14H21ClN2O/c1-4-5-10-16-14(18)17(3)11(2)12-6-8-13(15)9-7-12/h6-9,11H,4-5,10H2,1-3H3,(H,16,18). The summed E-state index contributed by atoms with van der Waals surface area (Å²) in [5, 5.41) is 3.62. The average Bonchev–Trinajstić information content (AvgIpc) is 2.38. The first-order valence-corrected chi connectivity index (χ1v) is 6.70. The van der Waals surface area contributed by atoms with Crippen LogP contribution in [0.1, 0.15) is 38.3 Å². The van der Waals surface area contributed by atoms with Crippen molar-refractivity contribution in [3.05, 3.63) is 34.9 Å². The molecule has 0 saturated carbocycles. The fourth-order valence-corrected chi connectivity index (χ4v) is 1.76. The molecule has 1 rings (SSSR count). The molecule has 1 unspecified atom stereocenters. The molecule has 1 aromatic rings. The second-order valence-corrected chi connectivity index (χ2v) is 4.86. The molecular weight excluding hydrogens is 248 g/mol. The molecule has 1 aromatic carbocycles. The lowest BCUT2D eigenvalue weighted by atomic mass is 10.1. The van der Waals surface area contributed by atoms with Gasteiger partial charge in [0.15, 0.2) is 0 Å². The Morgan fingerprint density at radius 2 is 2.00 bits per heavy atom. The third kappa shape index (κ3) is 4.22. The molecule has 0 aliphatic heterocycles. The van der Waals surface area contributed by atoms with E-state index in [1.165, 1.54) is 0 Å². The highest BCUT2D eigenvalue weighted by atomic mass is 35.5. The molecule has 0 fully saturated rings. The molecule has 2 amide bonds. The van der Waals surface area contributed by atoms with Crippen molar-refractivity contribution in [3.8, 4) is 0 Å². The van der Waals surface area contributed by atoms with Gasteiger partial charge in [0.1, 0.15) is 0 Å². The Morgan fingerprint density at radius 1 is 1.39 bits per heavy atom. The van der Waals surface area contributed by atoms with E-state index in [0.717, 1.165) is 24.9 Å². The molecule has 0 spiro atoms. The number of hydrogen-bond donors (Lipinski definition) is 1. The molecule has 18 heavy (non-hydrogen) atoms. The molecule has 0 bridgehead atoms. The van der Waals surface area contributed by atoms with E-state index in [1.54, 1.807) is 11.9 Å². The minimum Gasteiger partial charge on any atom is -0.338 e. The minimum atomic E-state index is -0.0362. The summed E-state index contributed by atoms with van der Waals surface area (Å²) in [5.74, 6) is 0. The van der Waals surface area contributed by atoms with E-state index >= 15 is 0 Å². The highest BCUT2D eigenvalue weighted by Gasteiger charge is 2.16. The number of carbonyl (C=O) groups is 1. The van der Waals surface area contributed by atoms with Gasteiger partial charge in [-0.2, -0.15) is 0 Å². The second kappa shape index (κ2) is 7.27. The molecule has 4 heteroatoms. The largest absolute Gasteiger partial charge is 0.338 e. The van der Waals surface area contributed by atoms with Crippen LogP contribution >= 0.6 is 11.6 Å². The number of rotatable bonds is 5. The van der Waals surface area contributed by atoms with Crippen molar-refractivity contribution in [2.24, 2.45) is 0 Å². The number of amides is 2. The molecule has 0 aliphatic carbocycles. The number of urea groups is 1. The fourth-order valence-electron chi connectivity index (χ4n) is 1.64. The second-order valence-electron chi connectivity index (χ2n) is 4.42. The van der Waals surface area contributed by atoms with E-state index in [0.29, 0.717) is 5.02 Å². The quantitative estimate of drug-likeness (QED) is 0.809. The van der Waals surface area contributed by atoms with Crippen molar-refractivity contribution in [2.45, 2.75) is 32.7 Å². The Bertz CT molecular complexity index is 378. The van der Waals surface area contributed by atoms with E-state index in [1.807, 2.05) is 31.2 Å². The van der Waals surface area contributed by atoms with Crippen LogP contribution in [0.4, 0.5) is 4.79 Å². The van der Waals surface area contributed by atoms with Gasteiger partial charge in [0.05, 0.1) is 6.04 Å². The number of unbranched alkanes of at least 4 members (excludes halogenated alkanes) is 1. The number of halogens is 1. The van der Waals surface area contributed by atoms with E-state index in [9.17, 15) is 4.79 Å². The van der Waals surface area contributed by atoms with Crippen LogP contribution < -0.4 is 5.32 Å². The van der Waals surface area contributed by atoms with Gasteiger partial charge in [-0.1, -0.05) is 37.1 Å². The van der Waals surface area contributed by atoms with Crippen LogP contribution in [0.2, 0.25) is 5.02 Å². The molecular formula is C14H21ClN2O. The summed E-state index contributed by atoms with van der Waals surface area (Å²) >= 11 is 5.85. The predicted molar refractivity (Wildman–Crippen MR) is 75.9 cm³/mol. The summed E-state index contributed by atoms with van der Waals surface area (Å²) in [6.07, 6.45) is 2.09. The number of nitrogens with one attached hydrogen (secondary N) is 1. The molecule has 0 radical (unpaired) electrons. The van der Waals surface area contributed by atoms with Crippen molar-refractivity contribution < 1.29 is 4.79 Å². The molecule has 0 saturated heterocycles. The lowest BCUT2D eigenvalue weighted by Crippen LogP contribution is -2.39. The summed E-state index contributed by atoms with van der Waals surface area (Å²) in [6.45, 7) is 4.84. The van der Waals surface area contributed by atoms with Crippen molar-refractivity contribution in [1.29, 1.82) is 0 Å². The average molecular weight is 269 g/mol. The van der Waals surface area contributed by atoms with Gasteiger partial charge in [0.2, 0.25) is 0 Å². The lowest BCUT2D eigenvalue weighted by Gasteiger charge is -2.25. The SMILES string of the molecule is CCCCNC(=O)N(C)C(C)c1ccc(Cl)cc1. The zero-order valence-electron chi connectivity index (χ0n) is 11.2. The van der Waals surface area contributed by atoms with E-state index in [2.05, 4.69) is 12.2 Å². The normalized spacial score (nSPS) is 12.0. The fraction of sp³-hybridized carbons (Fsp3) is 0.500. The Hall–Kier alpha value is -1.22. The van der Waals surface area contributed by atoms with E-state index in [-0.39, 0.29) is 12.1 Å². The van der Waals surface area contributed by atoms with E-state index in [4.69, 9.17) is 11.6 Å². The van der Waals surface area contributed by atoms with Gasteiger partial charge in [0, 0.05) is 18.6 Å². The van der Waals surface area contributed by atoms with Crippen LogP contribution in [-0.2, 0) is 0 Å². The number of benzene rings is 1. The highest BCUT2D eigenvalue weighted by Crippen LogP contribution is 2.20. The molecule has 0 heterocycles. The Kier molecular flexibility index (Phi) is 5.99. The summed E-state index contributed by atoms with van der Waals surface area (Å²) < 4.78 is 0. The van der Waals surface area contributed by atoms with Gasteiger partial charge < -0.3 is 10.2 Å². The van der Waals surface area contributed by atoms with Gasteiger partial charge in [-0.3, -0.25) is 0 Å². The molecule has 0 aliphatic rings. The van der Waals surface area contributed by atoms with Gasteiger partial charge in [-0.05, 0) is 31.0 Å². The smallest absolute Gasteiger partial charge is 0.317 e. The van der Waals surface area contributed by atoms with Crippen LogP contribution in [0.3, 0.4) is 0 Å². The summed E-state index contributed by atoms with van der Waals surface area (Å²) in [7, 11) is 1.81. The van der Waals surface area contributed by atoms with Crippen LogP contribution in [0.15, 0.2) is 24.3 Å². The van der Waals surface area contributed by atoms with Gasteiger partial charge in [-0.25, -0.2) is 4.79 Å². The first-order chi connectivity index (χ1) is 8.56. The van der Waals surface area contributed by atoms with Gasteiger partial charge in [0.25, 0.3) is 0 Å². The van der Waals surface area contributed by atoms with Crippen molar-refractivity contribution in [2.75, 3.05) is 13.6 Å². The van der Waals surface area contributed by atoms with Crippen molar-refractivity contribution in [1.82, 2.24) is 10.2 Å². The van der Waals surface area contributed by atoms with Crippen LogP contribution in [0, 0.1) is 0 Å². The third-order valence-electron chi connectivity index (χ3n) is 3.06. The van der Waals surface area contributed by atoms with Gasteiger partial charge >= 0.3 is 6.03 Å². The maximum Gasteiger partial charge on any atom is 0.317 e. The Labute approximate surface area is 114 Å². The number of carbonyl (C=O) groups excluding carboxylic acids is 1. The third-order valence-corrected chi connectivity index (χ3v) is 3.31. The summed E-state index contributed by atoms with van der Waals surface area (Å²) in [4.78, 5) is 13.6. The first-order valence-electron chi connectivity index (χ1n) is 6.32. The molecule has 1 N–H and O–H groups in total. The zero-order valence-corrected chi connectivity index (χ0v) is 12.0. The lowest BCUT2D eigenvalue weighted by molar-refractivity contribution is 0.194. The summed E-state index contributed by atoms with van der Waals surface area (Å²) in [5.41, 5.74) is 1.08. The minimum absolute atomic E-state index is 0.0314. The van der Waals surface area contributed by atoms with Crippen molar-refractivity contribution in [3.63, 3.8) is 0 Å². The first kappa shape index (κ1) is 14.8. The maximum absolute atomic E-state index is 11.9. The van der Waals surface area contributed by atoms with Crippen LogP contribution in [-0.4, -0.2) is 24.5 Å². The topological polar surface area (TPSA) is 32.3 Å². The van der Waals surface area contributed by atoms with E-state index < -0.39 is 0 Å². The molecule has 0 aromatic heterocycles. The monoisotopic (exact) mass is 268 g/mol. The number of nitrogens with zero attached hydrogens (tertiary/aromatic N) is 1. The summed E-state index contributed by atoms with van der Waals surface area (Å²) in [6, 6.07) is 7.58.